The van der Waals surface area contributed by atoms with Crippen LogP contribution < -0.4 is 10.6 Å². The average molecular weight is 262 g/mol. The molecule has 1 rings (SSSR count). The topological polar surface area (TPSA) is 58.2 Å². The van der Waals surface area contributed by atoms with E-state index in [0.29, 0.717) is 12.2 Å². The predicted octanol–water partition coefficient (Wildman–Crippen LogP) is 2.55. The van der Waals surface area contributed by atoms with E-state index in [2.05, 4.69) is 17.6 Å². The number of benzene rings is 1. The van der Waals surface area contributed by atoms with Gasteiger partial charge in [0.05, 0.1) is 0 Å². The van der Waals surface area contributed by atoms with Gasteiger partial charge < -0.3 is 10.6 Å². The first kappa shape index (κ1) is 15.2. The maximum Gasteiger partial charge on any atom is 0.313 e. The Hall–Kier alpha value is -1.84. The molecule has 0 saturated heterocycles. The van der Waals surface area contributed by atoms with Crippen LogP contribution in [0, 0.1) is 13.8 Å². The molecule has 2 N–H and O–H groups in total. The van der Waals surface area contributed by atoms with Crippen molar-refractivity contribution in [1.29, 1.82) is 0 Å². The van der Waals surface area contributed by atoms with Gasteiger partial charge in [0.2, 0.25) is 0 Å². The highest BCUT2D eigenvalue weighted by molar-refractivity contribution is 6.39. The van der Waals surface area contributed by atoms with E-state index in [1.54, 1.807) is 0 Å². The van der Waals surface area contributed by atoms with Crippen LogP contribution in [-0.4, -0.2) is 18.4 Å². The van der Waals surface area contributed by atoms with Crippen LogP contribution in [0.2, 0.25) is 0 Å². The molecular formula is C15H22N2O2. The molecule has 0 radical (unpaired) electrons. The van der Waals surface area contributed by atoms with Crippen LogP contribution in [0.5, 0.6) is 0 Å². The quantitative estimate of drug-likeness (QED) is 0.633. The van der Waals surface area contributed by atoms with Crippen molar-refractivity contribution in [1.82, 2.24) is 5.32 Å². The zero-order valence-corrected chi connectivity index (χ0v) is 11.9. The zero-order chi connectivity index (χ0) is 14.3. The van der Waals surface area contributed by atoms with Gasteiger partial charge in [0.1, 0.15) is 0 Å². The minimum absolute atomic E-state index is 0.549. The lowest BCUT2D eigenvalue weighted by Crippen LogP contribution is -2.36. The third kappa shape index (κ3) is 5.12. The van der Waals surface area contributed by atoms with E-state index < -0.39 is 11.8 Å². The van der Waals surface area contributed by atoms with Crippen LogP contribution in [0.15, 0.2) is 18.2 Å². The molecule has 0 saturated carbocycles. The molecule has 0 atom stereocenters. The van der Waals surface area contributed by atoms with E-state index >= 15 is 0 Å². The van der Waals surface area contributed by atoms with Gasteiger partial charge in [-0.05, 0) is 37.5 Å². The van der Waals surface area contributed by atoms with E-state index in [0.717, 1.165) is 30.4 Å². The van der Waals surface area contributed by atoms with Crippen molar-refractivity contribution in [3.63, 3.8) is 0 Å². The largest absolute Gasteiger partial charge is 0.348 e. The Morgan fingerprint density at radius 2 is 1.84 bits per heavy atom. The van der Waals surface area contributed by atoms with Gasteiger partial charge in [-0.3, -0.25) is 9.59 Å². The highest BCUT2D eigenvalue weighted by Crippen LogP contribution is 2.15. The summed E-state index contributed by atoms with van der Waals surface area (Å²) < 4.78 is 0. The second-order valence-electron chi connectivity index (χ2n) is 4.74. The van der Waals surface area contributed by atoms with E-state index in [4.69, 9.17) is 0 Å². The molecule has 0 aliphatic rings. The zero-order valence-electron chi connectivity index (χ0n) is 11.9. The van der Waals surface area contributed by atoms with Crippen molar-refractivity contribution < 1.29 is 9.59 Å². The van der Waals surface area contributed by atoms with E-state index in [-0.39, 0.29) is 0 Å². The average Bonchev–Trinajstić information content (AvgIpc) is 2.38. The Bertz CT molecular complexity index is 455. The molecule has 0 aliphatic heterocycles. The molecular weight excluding hydrogens is 240 g/mol. The van der Waals surface area contributed by atoms with Crippen molar-refractivity contribution in [2.45, 2.75) is 40.0 Å². The van der Waals surface area contributed by atoms with Crippen molar-refractivity contribution in [2.75, 3.05) is 11.9 Å². The Morgan fingerprint density at radius 1 is 1.11 bits per heavy atom. The molecule has 0 unspecified atom stereocenters. The minimum atomic E-state index is -0.606. The highest BCUT2D eigenvalue weighted by atomic mass is 16.2. The molecule has 1 aromatic rings. The number of hydrogen-bond donors (Lipinski definition) is 2. The second-order valence-corrected chi connectivity index (χ2v) is 4.74. The number of amides is 2. The fraction of sp³-hybridized carbons (Fsp3) is 0.467. The monoisotopic (exact) mass is 262 g/mol. The van der Waals surface area contributed by atoms with Crippen LogP contribution in [0.1, 0.15) is 37.3 Å². The molecule has 0 fully saturated rings. The lowest BCUT2D eigenvalue weighted by atomic mass is 10.1. The van der Waals surface area contributed by atoms with Crippen LogP contribution in [0.4, 0.5) is 5.69 Å². The van der Waals surface area contributed by atoms with Crippen molar-refractivity contribution >= 4 is 17.5 Å². The van der Waals surface area contributed by atoms with Crippen LogP contribution in [0.3, 0.4) is 0 Å². The first-order valence-corrected chi connectivity index (χ1v) is 6.71. The number of carbonyl (C=O) groups is 2. The maximum absolute atomic E-state index is 11.7. The first-order chi connectivity index (χ1) is 9.04. The highest BCUT2D eigenvalue weighted by Gasteiger charge is 2.13. The van der Waals surface area contributed by atoms with E-state index in [9.17, 15) is 9.59 Å². The summed E-state index contributed by atoms with van der Waals surface area (Å²) in [5.74, 6) is -1.18. The Morgan fingerprint density at radius 3 is 2.53 bits per heavy atom. The summed E-state index contributed by atoms with van der Waals surface area (Å²) in [6.45, 7) is 6.48. The van der Waals surface area contributed by atoms with Crippen LogP contribution in [-0.2, 0) is 9.59 Å². The van der Waals surface area contributed by atoms with Gasteiger partial charge in [0, 0.05) is 12.2 Å². The number of rotatable bonds is 5. The summed E-state index contributed by atoms with van der Waals surface area (Å²) in [4.78, 5) is 23.3. The van der Waals surface area contributed by atoms with Crippen molar-refractivity contribution in [3.8, 4) is 0 Å². The molecule has 0 aliphatic carbocycles. The second kappa shape index (κ2) is 7.56. The normalized spacial score (nSPS) is 10.1. The van der Waals surface area contributed by atoms with Gasteiger partial charge in [0.25, 0.3) is 0 Å². The summed E-state index contributed by atoms with van der Waals surface area (Å²) in [6, 6.07) is 5.75. The van der Waals surface area contributed by atoms with Gasteiger partial charge >= 0.3 is 11.8 Å². The van der Waals surface area contributed by atoms with Crippen molar-refractivity contribution in [2.24, 2.45) is 0 Å². The molecule has 4 nitrogen and oxygen atoms in total. The molecule has 0 heterocycles. The summed E-state index contributed by atoms with van der Waals surface area (Å²) in [5.41, 5.74) is 2.68. The van der Waals surface area contributed by atoms with Gasteiger partial charge in [-0.1, -0.05) is 31.9 Å². The smallest absolute Gasteiger partial charge is 0.313 e. The van der Waals surface area contributed by atoms with Crippen LogP contribution in [0.25, 0.3) is 0 Å². The summed E-state index contributed by atoms with van der Waals surface area (Å²) in [7, 11) is 0. The lowest BCUT2D eigenvalue weighted by Gasteiger charge is -2.09. The van der Waals surface area contributed by atoms with Gasteiger partial charge in [0.15, 0.2) is 0 Å². The SMILES string of the molecule is CCCCCNC(=O)C(=O)Nc1cc(C)ccc1C. The first-order valence-electron chi connectivity index (χ1n) is 6.71. The molecule has 1 aromatic carbocycles. The molecule has 19 heavy (non-hydrogen) atoms. The number of carbonyl (C=O) groups excluding carboxylic acids is 2. The Labute approximate surface area is 114 Å². The Balaban J connectivity index is 2.49. The summed E-state index contributed by atoms with van der Waals surface area (Å²) in [5, 5.41) is 5.26. The van der Waals surface area contributed by atoms with Crippen LogP contribution >= 0.6 is 0 Å². The fourth-order valence-electron chi connectivity index (χ4n) is 1.71. The van der Waals surface area contributed by atoms with Crippen molar-refractivity contribution in [3.05, 3.63) is 29.3 Å². The number of unbranched alkanes of at least 4 members (excludes halogenated alkanes) is 2. The third-order valence-electron chi connectivity index (χ3n) is 2.91. The number of anilines is 1. The number of hydrogen-bond acceptors (Lipinski definition) is 2. The lowest BCUT2D eigenvalue weighted by molar-refractivity contribution is -0.136. The minimum Gasteiger partial charge on any atom is -0.348 e. The molecule has 104 valence electrons. The summed E-state index contributed by atoms with van der Waals surface area (Å²) >= 11 is 0. The predicted molar refractivity (Wildman–Crippen MR) is 77.1 cm³/mol. The molecule has 0 aromatic heterocycles. The van der Waals surface area contributed by atoms with Gasteiger partial charge in [-0.15, -0.1) is 0 Å². The van der Waals surface area contributed by atoms with E-state index in [1.165, 1.54) is 0 Å². The maximum atomic E-state index is 11.7. The molecule has 0 spiro atoms. The molecule has 2 amide bonds. The van der Waals surface area contributed by atoms with E-state index in [1.807, 2.05) is 32.0 Å². The standard InChI is InChI=1S/C15H22N2O2/c1-4-5-6-9-16-14(18)15(19)17-13-10-11(2)7-8-12(13)3/h7-8,10H,4-6,9H2,1-3H3,(H,16,18)(H,17,19). The Kier molecular flexibility index (Phi) is 6.06. The molecule has 0 bridgehead atoms. The third-order valence-corrected chi connectivity index (χ3v) is 2.91. The van der Waals surface area contributed by atoms with Gasteiger partial charge in [-0.25, -0.2) is 0 Å². The fourth-order valence-corrected chi connectivity index (χ4v) is 1.71. The number of nitrogens with one attached hydrogen (secondary N) is 2. The molecule has 4 heteroatoms. The number of aryl methyl sites for hydroxylation is 2. The summed E-state index contributed by atoms with van der Waals surface area (Å²) in [6.07, 6.45) is 3.04. The van der Waals surface area contributed by atoms with Gasteiger partial charge in [-0.2, -0.15) is 0 Å².